The zero-order valence-electron chi connectivity index (χ0n) is 6.63. The van der Waals surface area contributed by atoms with Gasteiger partial charge in [-0.15, -0.1) is 0 Å². The molecule has 0 fully saturated rings. The molecule has 1 aromatic rings. The third-order valence-electron chi connectivity index (χ3n) is 1.49. The van der Waals surface area contributed by atoms with E-state index >= 15 is 0 Å². The first kappa shape index (κ1) is 9.92. The highest BCUT2D eigenvalue weighted by Crippen LogP contribution is 2.15. The lowest BCUT2D eigenvalue weighted by Gasteiger charge is -2.00. The third-order valence-corrected chi connectivity index (χ3v) is 1.83. The fourth-order valence-corrected chi connectivity index (χ4v) is 1.08. The summed E-state index contributed by atoms with van der Waals surface area (Å²) in [6.45, 7) is 0. The van der Waals surface area contributed by atoms with Gasteiger partial charge in [0.2, 0.25) is 0 Å². The van der Waals surface area contributed by atoms with E-state index in [2.05, 4.69) is 4.98 Å². The first-order valence-electron chi connectivity index (χ1n) is 3.61. The Balaban J connectivity index is 2.75. The molecule has 0 aromatic carbocycles. The van der Waals surface area contributed by atoms with Crippen LogP contribution < -0.4 is 0 Å². The minimum absolute atomic E-state index is 0.0785. The van der Waals surface area contributed by atoms with Crippen molar-refractivity contribution in [2.75, 3.05) is 0 Å². The average molecular weight is 204 g/mol. The molecule has 0 radical (unpaired) electrons. The molecule has 1 heterocycles. The lowest BCUT2D eigenvalue weighted by molar-refractivity contribution is -0.136. The summed E-state index contributed by atoms with van der Waals surface area (Å²) in [5.74, 6) is -1.45. The molecule has 0 unspecified atom stereocenters. The first-order valence-corrected chi connectivity index (χ1v) is 3.99. The van der Waals surface area contributed by atoms with E-state index in [9.17, 15) is 9.18 Å². The molecular formula is C8H7ClFNO2. The van der Waals surface area contributed by atoms with Gasteiger partial charge in [-0.3, -0.25) is 4.79 Å². The third kappa shape index (κ3) is 2.99. The molecule has 0 saturated heterocycles. The Labute approximate surface area is 79.2 Å². The Morgan fingerprint density at radius 2 is 2.38 bits per heavy atom. The first-order chi connectivity index (χ1) is 6.09. The van der Waals surface area contributed by atoms with Crippen LogP contribution in [0.4, 0.5) is 4.39 Å². The molecule has 1 aromatic heterocycles. The smallest absolute Gasteiger partial charge is 0.303 e. The highest BCUT2D eigenvalue weighted by molar-refractivity contribution is 6.30. The van der Waals surface area contributed by atoms with E-state index in [0.29, 0.717) is 5.56 Å². The van der Waals surface area contributed by atoms with Crippen LogP contribution in [-0.4, -0.2) is 16.1 Å². The summed E-state index contributed by atoms with van der Waals surface area (Å²) >= 11 is 5.61. The molecule has 0 bridgehead atoms. The molecule has 1 N–H and O–H groups in total. The summed E-state index contributed by atoms with van der Waals surface area (Å²) < 4.78 is 12.6. The number of hydrogen-bond acceptors (Lipinski definition) is 2. The van der Waals surface area contributed by atoms with Crippen LogP contribution >= 0.6 is 11.6 Å². The van der Waals surface area contributed by atoms with Crippen LogP contribution in [0.1, 0.15) is 12.0 Å². The highest BCUT2D eigenvalue weighted by Gasteiger charge is 2.05. The van der Waals surface area contributed by atoms with Gasteiger partial charge in [-0.05, 0) is 18.1 Å². The Bertz CT molecular complexity index is 330. The lowest BCUT2D eigenvalue weighted by atomic mass is 10.1. The van der Waals surface area contributed by atoms with E-state index < -0.39 is 11.8 Å². The van der Waals surface area contributed by atoms with Crippen molar-refractivity contribution >= 4 is 17.6 Å². The second kappa shape index (κ2) is 4.18. The van der Waals surface area contributed by atoms with Gasteiger partial charge in [0.1, 0.15) is 11.0 Å². The maximum Gasteiger partial charge on any atom is 0.303 e. The normalized spacial score (nSPS) is 10.0. The van der Waals surface area contributed by atoms with E-state index in [-0.39, 0.29) is 18.0 Å². The van der Waals surface area contributed by atoms with Crippen LogP contribution in [0.2, 0.25) is 5.15 Å². The van der Waals surface area contributed by atoms with Crippen molar-refractivity contribution in [2.45, 2.75) is 12.8 Å². The molecule has 5 heteroatoms. The molecule has 70 valence electrons. The number of nitrogens with zero attached hydrogens (tertiary/aromatic N) is 1. The van der Waals surface area contributed by atoms with E-state index in [0.717, 1.165) is 6.20 Å². The minimum atomic E-state index is -0.944. The summed E-state index contributed by atoms with van der Waals surface area (Å²) in [6, 6.07) is 1.19. The molecule has 0 atom stereocenters. The molecule has 0 aliphatic rings. The predicted octanol–water partition coefficient (Wildman–Crippen LogP) is 1.89. The monoisotopic (exact) mass is 203 g/mol. The van der Waals surface area contributed by atoms with Gasteiger partial charge in [0, 0.05) is 6.42 Å². The number of pyridine rings is 1. The summed E-state index contributed by atoms with van der Waals surface area (Å²) in [7, 11) is 0. The zero-order chi connectivity index (χ0) is 9.84. The van der Waals surface area contributed by atoms with Crippen molar-refractivity contribution in [1.29, 1.82) is 0 Å². The molecule has 0 aliphatic carbocycles. The molecule has 0 saturated carbocycles. The van der Waals surface area contributed by atoms with Gasteiger partial charge in [-0.1, -0.05) is 11.6 Å². The number of carbonyl (C=O) groups is 1. The second-order valence-corrected chi connectivity index (χ2v) is 2.86. The summed E-state index contributed by atoms with van der Waals surface area (Å²) in [6.07, 6.45) is 1.11. The van der Waals surface area contributed by atoms with Crippen LogP contribution in [0.5, 0.6) is 0 Å². The highest BCUT2D eigenvalue weighted by atomic mass is 35.5. The van der Waals surface area contributed by atoms with Gasteiger partial charge in [-0.2, -0.15) is 0 Å². The lowest BCUT2D eigenvalue weighted by Crippen LogP contribution is -1.99. The van der Waals surface area contributed by atoms with Crippen molar-refractivity contribution < 1.29 is 14.3 Å². The van der Waals surface area contributed by atoms with Gasteiger partial charge in [0.25, 0.3) is 0 Å². The van der Waals surface area contributed by atoms with Gasteiger partial charge < -0.3 is 5.11 Å². The van der Waals surface area contributed by atoms with E-state index in [1.807, 2.05) is 0 Å². The van der Waals surface area contributed by atoms with Crippen molar-refractivity contribution in [2.24, 2.45) is 0 Å². The van der Waals surface area contributed by atoms with Gasteiger partial charge >= 0.3 is 5.97 Å². The molecule has 3 nitrogen and oxygen atoms in total. The number of rotatable bonds is 3. The number of hydrogen-bond donors (Lipinski definition) is 1. The number of aromatic nitrogens is 1. The summed E-state index contributed by atoms with van der Waals surface area (Å²) in [5, 5.41) is 8.53. The van der Waals surface area contributed by atoms with Crippen LogP contribution in [0.3, 0.4) is 0 Å². The maximum absolute atomic E-state index is 12.6. The van der Waals surface area contributed by atoms with Crippen molar-refractivity contribution in [3.05, 3.63) is 28.8 Å². The molecule has 1 rings (SSSR count). The summed E-state index contributed by atoms with van der Waals surface area (Å²) in [4.78, 5) is 13.8. The quantitative estimate of drug-likeness (QED) is 0.764. The van der Waals surface area contributed by atoms with Crippen LogP contribution in [0.25, 0.3) is 0 Å². The number of aryl methyl sites for hydroxylation is 1. The van der Waals surface area contributed by atoms with Gasteiger partial charge in [0.05, 0.1) is 6.20 Å². The second-order valence-electron chi connectivity index (χ2n) is 2.50. The van der Waals surface area contributed by atoms with Crippen LogP contribution in [-0.2, 0) is 11.2 Å². The van der Waals surface area contributed by atoms with E-state index in [1.165, 1.54) is 6.07 Å². The molecule has 0 amide bonds. The fraction of sp³-hybridized carbons (Fsp3) is 0.250. The van der Waals surface area contributed by atoms with Crippen LogP contribution in [0, 0.1) is 5.82 Å². The zero-order valence-corrected chi connectivity index (χ0v) is 7.38. The van der Waals surface area contributed by atoms with Crippen molar-refractivity contribution in [3.8, 4) is 0 Å². The Morgan fingerprint density at radius 3 is 3.00 bits per heavy atom. The van der Waals surface area contributed by atoms with E-state index in [4.69, 9.17) is 16.7 Å². The van der Waals surface area contributed by atoms with Crippen molar-refractivity contribution in [1.82, 2.24) is 4.98 Å². The van der Waals surface area contributed by atoms with E-state index in [1.54, 1.807) is 0 Å². The molecule has 0 spiro atoms. The van der Waals surface area contributed by atoms with Crippen molar-refractivity contribution in [3.63, 3.8) is 0 Å². The topological polar surface area (TPSA) is 50.2 Å². The fourth-order valence-electron chi connectivity index (χ4n) is 0.881. The van der Waals surface area contributed by atoms with Gasteiger partial charge in [-0.25, -0.2) is 9.37 Å². The molecule has 0 aliphatic heterocycles. The average Bonchev–Trinajstić information content (AvgIpc) is 2.06. The Morgan fingerprint density at radius 1 is 1.69 bits per heavy atom. The summed E-state index contributed by atoms with van der Waals surface area (Å²) in [5.41, 5.74) is 0.420. The largest absolute Gasteiger partial charge is 0.481 e. The maximum atomic E-state index is 12.6. The van der Waals surface area contributed by atoms with Crippen LogP contribution in [0.15, 0.2) is 12.3 Å². The SMILES string of the molecule is O=C(O)CCc1cc(F)cnc1Cl. The number of aliphatic carboxylic acids is 1. The number of halogens is 2. The molecule has 13 heavy (non-hydrogen) atoms. The minimum Gasteiger partial charge on any atom is -0.481 e. The Kier molecular flexibility index (Phi) is 3.19. The number of carboxylic acids is 1. The molecular weight excluding hydrogens is 197 g/mol. The number of carboxylic acid groups (broad SMARTS) is 1. The standard InChI is InChI=1S/C8H7ClFNO2/c9-8-5(1-2-7(12)13)3-6(10)4-11-8/h3-4H,1-2H2,(H,12,13). The Hall–Kier alpha value is -1.16. The van der Waals surface area contributed by atoms with Gasteiger partial charge in [0.15, 0.2) is 0 Å². The predicted molar refractivity (Wildman–Crippen MR) is 45.2 cm³/mol.